The molecule has 1 aliphatic carbocycles. The van der Waals surface area contributed by atoms with Crippen molar-refractivity contribution in [3.05, 3.63) is 64.2 Å². The summed E-state index contributed by atoms with van der Waals surface area (Å²) < 4.78 is 8.10. The second-order valence-electron chi connectivity index (χ2n) is 9.55. The number of carbonyl (C=O) groups excluding carboxylic acids is 1. The zero-order chi connectivity index (χ0) is 22.8. The number of carbonyl (C=O) groups is 1. The molecule has 6 heteroatoms. The van der Waals surface area contributed by atoms with E-state index < -0.39 is 0 Å². The van der Waals surface area contributed by atoms with Crippen molar-refractivity contribution in [2.45, 2.75) is 58.9 Å². The number of aryl methyl sites for hydroxylation is 3. The molecule has 1 N–H and O–H groups in total. The van der Waals surface area contributed by atoms with Gasteiger partial charge < -0.3 is 14.6 Å². The number of hydrogen-bond donors (Lipinski definition) is 1. The second-order valence-corrected chi connectivity index (χ2v) is 9.55. The molecule has 0 atom stereocenters. The van der Waals surface area contributed by atoms with E-state index in [0.29, 0.717) is 12.3 Å². The molecule has 0 radical (unpaired) electrons. The van der Waals surface area contributed by atoms with Gasteiger partial charge in [0, 0.05) is 36.8 Å². The summed E-state index contributed by atoms with van der Waals surface area (Å²) in [6.45, 7) is 8.65. The normalized spacial score (nSPS) is 16.2. The van der Waals surface area contributed by atoms with E-state index in [1.165, 1.54) is 42.4 Å². The van der Waals surface area contributed by atoms with E-state index in [1.54, 1.807) is 0 Å². The number of nitrogens with one attached hydrogen (secondary N) is 1. The largest absolute Gasteiger partial charge is 0.455 e. The summed E-state index contributed by atoms with van der Waals surface area (Å²) in [6, 6.07) is 8.57. The summed E-state index contributed by atoms with van der Waals surface area (Å²) in [5.74, 6) is 1.22. The van der Waals surface area contributed by atoms with Crippen molar-refractivity contribution in [2.75, 3.05) is 26.2 Å². The van der Waals surface area contributed by atoms with Gasteiger partial charge in [-0.2, -0.15) is 5.10 Å². The highest BCUT2D eigenvalue weighted by molar-refractivity contribution is 5.95. The molecule has 2 aliphatic rings. The number of furan rings is 1. The van der Waals surface area contributed by atoms with Crippen LogP contribution in [0, 0.1) is 13.8 Å². The first kappa shape index (κ1) is 22.0. The Morgan fingerprint density at radius 1 is 1.06 bits per heavy atom. The Morgan fingerprint density at radius 2 is 1.82 bits per heavy atom. The molecule has 0 saturated carbocycles. The van der Waals surface area contributed by atoms with Crippen LogP contribution < -0.4 is 5.32 Å². The summed E-state index contributed by atoms with van der Waals surface area (Å²) >= 11 is 0. The van der Waals surface area contributed by atoms with Gasteiger partial charge in [0.1, 0.15) is 5.76 Å². The molecule has 0 bridgehead atoms. The molecule has 1 aromatic carbocycles. The lowest BCUT2D eigenvalue weighted by atomic mass is 9.93. The molecule has 6 nitrogen and oxygen atoms in total. The summed E-state index contributed by atoms with van der Waals surface area (Å²) in [5, 5.41) is 7.98. The van der Waals surface area contributed by atoms with Crippen molar-refractivity contribution in [1.29, 1.82) is 0 Å². The fourth-order valence-corrected chi connectivity index (χ4v) is 5.11. The molecular formula is C27H34N4O2. The molecule has 3 heterocycles. The summed E-state index contributed by atoms with van der Waals surface area (Å²) in [7, 11) is 0. The van der Waals surface area contributed by atoms with Crippen LogP contribution in [0.3, 0.4) is 0 Å². The maximum absolute atomic E-state index is 12.9. The van der Waals surface area contributed by atoms with Crippen molar-refractivity contribution < 1.29 is 9.21 Å². The minimum absolute atomic E-state index is 0.114. The van der Waals surface area contributed by atoms with Crippen LogP contribution >= 0.6 is 0 Å². The predicted octanol–water partition coefficient (Wildman–Crippen LogP) is 4.51. The maximum atomic E-state index is 12.9. The average molecular weight is 447 g/mol. The van der Waals surface area contributed by atoms with Crippen LogP contribution in [0.5, 0.6) is 0 Å². The molecule has 174 valence electrons. The number of aromatic nitrogens is 2. The van der Waals surface area contributed by atoms with E-state index in [1.807, 2.05) is 11.6 Å². The van der Waals surface area contributed by atoms with Crippen LogP contribution in [0.1, 0.15) is 64.3 Å². The third kappa shape index (κ3) is 4.76. The lowest BCUT2D eigenvalue weighted by molar-refractivity contribution is 0.0918. The van der Waals surface area contributed by atoms with Crippen molar-refractivity contribution in [3.63, 3.8) is 0 Å². The minimum atomic E-state index is -0.114. The van der Waals surface area contributed by atoms with Gasteiger partial charge in [0.05, 0.1) is 12.2 Å². The third-order valence-corrected chi connectivity index (χ3v) is 7.00. The Labute approximate surface area is 196 Å². The van der Waals surface area contributed by atoms with Gasteiger partial charge in [0.25, 0.3) is 5.91 Å². The highest BCUT2D eigenvalue weighted by Gasteiger charge is 2.29. The topological polar surface area (TPSA) is 63.3 Å². The standard InChI is InChI=1S/C27H34N4O2/c1-19-7-9-21(10-8-19)17-31-18-22-11-12-23-24(25(22)29-31)20(2)26(33-23)27(32)28-13-16-30-14-5-3-4-6-15-30/h7-10,18H,3-6,11-17H2,1-2H3,(H,28,32). The number of nitrogens with zero attached hydrogens (tertiary/aromatic N) is 3. The molecule has 33 heavy (non-hydrogen) atoms. The van der Waals surface area contributed by atoms with Crippen LogP contribution in [0.25, 0.3) is 11.3 Å². The summed E-state index contributed by atoms with van der Waals surface area (Å²) in [4.78, 5) is 15.4. The van der Waals surface area contributed by atoms with E-state index in [4.69, 9.17) is 9.52 Å². The molecule has 1 saturated heterocycles. The van der Waals surface area contributed by atoms with E-state index in [9.17, 15) is 4.79 Å². The molecule has 1 amide bonds. The Bertz CT molecular complexity index is 1120. The molecule has 0 spiro atoms. The fraction of sp³-hybridized carbons (Fsp3) is 0.481. The Hall–Kier alpha value is -2.86. The lowest BCUT2D eigenvalue weighted by Crippen LogP contribution is -2.35. The Kier molecular flexibility index (Phi) is 6.36. The number of fused-ring (bicyclic) bond motifs is 3. The molecule has 0 unspecified atom stereocenters. The van der Waals surface area contributed by atoms with Crippen LogP contribution in [0.15, 0.2) is 34.9 Å². The van der Waals surface area contributed by atoms with E-state index in [2.05, 4.69) is 47.6 Å². The fourth-order valence-electron chi connectivity index (χ4n) is 5.11. The molecule has 3 aromatic rings. The number of rotatable bonds is 6. The quantitative estimate of drug-likeness (QED) is 0.605. The minimum Gasteiger partial charge on any atom is -0.455 e. The number of likely N-dealkylation sites (tertiary alicyclic amines) is 1. The van der Waals surface area contributed by atoms with Gasteiger partial charge in [-0.1, -0.05) is 42.7 Å². The van der Waals surface area contributed by atoms with E-state index in [-0.39, 0.29) is 5.91 Å². The number of hydrogen-bond acceptors (Lipinski definition) is 4. The first-order valence-electron chi connectivity index (χ1n) is 12.3. The van der Waals surface area contributed by atoms with Gasteiger partial charge in [0.2, 0.25) is 0 Å². The zero-order valence-electron chi connectivity index (χ0n) is 19.8. The van der Waals surface area contributed by atoms with Crippen molar-refractivity contribution >= 4 is 5.91 Å². The molecular weight excluding hydrogens is 412 g/mol. The molecule has 2 aromatic heterocycles. The van der Waals surface area contributed by atoms with E-state index in [0.717, 1.165) is 61.6 Å². The van der Waals surface area contributed by atoms with Crippen molar-refractivity contribution in [3.8, 4) is 11.3 Å². The lowest BCUT2D eigenvalue weighted by Gasteiger charge is -2.19. The smallest absolute Gasteiger partial charge is 0.287 e. The molecule has 1 aliphatic heterocycles. The van der Waals surface area contributed by atoms with Gasteiger partial charge in [-0.15, -0.1) is 0 Å². The monoisotopic (exact) mass is 446 g/mol. The highest BCUT2D eigenvalue weighted by atomic mass is 16.4. The maximum Gasteiger partial charge on any atom is 0.287 e. The first-order chi connectivity index (χ1) is 16.1. The van der Waals surface area contributed by atoms with Crippen LogP contribution in [0.4, 0.5) is 0 Å². The predicted molar refractivity (Wildman–Crippen MR) is 130 cm³/mol. The van der Waals surface area contributed by atoms with Crippen molar-refractivity contribution in [2.24, 2.45) is 0 Å². The zero-order valence-corrected chi connectivity index (χ0v) is 19.8. The van der Waals surface area contributed by atoms with Gasteiger partial charge in [0.15, 0.2) is 5.76 Å². The summed E-state index contributed by atoms with van der Waals surface area (Å²) in [5.41, 5.74) is 6.60. The van der Waals surface area contributed by atoms with Crippen LogP contribution in [-0.2, 0) is 19.4 Å². The SMILES string of the molecule is Cc1ccc(Cn2cc3c(n2)-c2c(oc(C(=O)NCCN4CCCCCC4)c2C)CC3)cc1. The van der Waals surface area contributed by atoms with Crippen molar-refractivity contribution in [1.82, 2.24) is 20.0 Å². The summed E-state index contributed by atoms with van der Waals surface area (Å²) in [6.07, 6.45) is 9.00. The van der Waals surface area contributed by atoms with Crippen LogP contribution in [0.2, 0.25) is 0 Å². The number of amides is 1. The third-order valence-electron chi connectivity index (χ3n) is 7.00. The van der Waals surface area contributed by atoms with Gasteiger partial charge in [-0.05, 0) is 57.3 Å². The average Bonchev–Trinajstić information content (AvgIpc) is 3.25. The Morgan fingerprint density at radius 3 is 2.58 bits per heavy atom. The van der Waals surface area contributed by atoms with Crippen LogP contribution in [-0.4, -0.2) is 46.8 Å². The molecule has 5 rings (SSSR count). The second kappa shape index (κ2) is 9.56. The van der Waals surface area contributed by atoms with Gasteiger partial charge >= 0.3 is 0 Å². The van der Waals surface area contributed by atoms with Gasteiger partial charge in [-0.3, -0.25) is 9.48 Å². The number of benzene rings is 1. The van der Waals surface area contributed by atoms with E-state index >= 15 is 0 Å². The highest BCUT2D eigenvalue weighted by Crippen LogP contribution is 2.38. The van der Waals surface area contributed by atoms with Gasteiger partial charge in [-0.25, -0.2) is 0 Å². The Balaban J connectivity index is 1.28. The molecule has 1 fully saturated rings. The first-order valence-corrected chi connectivity index (χ1v) is 12.3.